The van der Waals surface area contributed by atoms with Crippen LogP contribution in [-0.4, -0.2) is 17.8 Å². The summed E-state index contributed by atoms with van der Waals surface area (Å²) in [6.45, 7) is 3.47. The van der Waals surface area contributed by atoms with Crippen LogP contribution < -0.4 is 5.73 Å². The third kappa shape index (κ3) is 2.08. The van der Waals surface area contributed by atoms with Gasteiger partial charge in [-0.3, -0.25) is 0 Å². The van der Waals surface area contributed by atoms with Crippen molar-refractivity contribution in [2.75, 3.05) is 13.2 Å². The van der Waals surface area contributed by atoms with Gasteiger partial charge in [0.15, 0.2) is 0 Å². The second-order valence-corrected chi connectivity index (χ2v) is 4.80. The molecular weight excluding hydrogens is 212 g/mol. The minimum absolute atomic E-state index is 0.605. The first kappa shape index (κ1) is 10.8. The van der Waals surface area contributed by atoms with E-state index < -0.39 is 0 Å². The predicted molar refractivity (Wildman–Crippen MR) is 68.8 cm³/mol. The van der Waals surface area contributed by atoms with Crippen LogP contribution in [0.1, 0.15) is 12.0 Å². The quantitative estimate of drug-likeness (QED) is 0.877. The van der Waals surface area contributed by atoms with Gasteiger partial charge in [-0.05, 0) is 29.5 Å². The lowest BCUT2D eigenvalue weighted by Gasteiger charge is -2.10. The maximum atomic E-state index is 5.69. The predicted octanol–water partition coefficient (Wildman–Crippen LogP) is 2.14. The van der Waals surface area contributed by atoms with E-state index in [9.17, 15) is 0 Å². The molecule has 2 aromatic rings. The van der Waals surface area contributed by atoms with Crippen LogP contribution in [0.25, 0.3) is 10.9 Å². The smallest absolute Gasteiger partial charge is 0.0512 e. The Labute approximate surface area is 101 Å². The van der Waals surface area contributed by atoms with Gasteiger partial charge in [-0.15, -0.1) is 0 Å². The summed E-state index contributed by atoms with van der Waals surface area (Å²) < 4.78 is 7.76. The second kappa shape index (κ2) is 4.51. The summed E-state index contributed by atoms with van der Waals surface area (Å²) in [6.07, 6.45) is 3.35. The molecule has 90 valence electrons. The van der Waals surface area contributed by atoms with E-state index in [4.69, 9.17) is 10.5 Å². The van der Waals surface area contributed by atoms with Gasteiger partial charge < -0.3 is 15.0 Å². The van der Waals surface area contributed by atoms with Gasteiger partial charge in [-0.1, -0.05) is 12.1 Å². The monoisotopic (exact) mass is 230 g/mol. The van der Waals surface area contributed by atoms with E-state index in [0.29, 0.717) is 12.5 Å². The summed E-state index contributed by atoms with van der Waals surface area (Å²) in [6, 6.07) is 8.63. The number of rotatable bonds is 3. The number of aromatic nitrogens is 1. The van der Waals surface area contributed by atoms with E-state index in [1.165, 1.54) is 22.9 Å². The minimum Gasteiger partial charge on any atom is -0.381 e. The first-order valence-electron chi connectivity index (χ1n) is 6.22. The maximum Gasteiger partial charge on any atom is 0.0512 e. The molecule has 0 bridgehead atoms. The molecule has 17 heavy (non-hydrogen) atoms. The van der Waals surface area contributed by atoms with Gasteiger partial charge >= 0.3 is 0 Å². The Kier molecular flexibility index (Phi) is 2.87. The van der Waals surface area contributed by atoms with Crippen molar-refractivity contribution in [2.45, 2.75) is 19.5 Å². The van der Waals surface area contributed by atoms with Gasteiger partial charge in [0.2, 0.25) is 0 Å². The van der Waals surface area contributed by atoms with Crippen LogP contribution in [0.2, 0.25) is 0 Å². The van der Waals surface area contributed by atoms with Crippen LogP contribution in [-0.2, 0) is 17.8 Å². The van der Waals surface area contributed by atoms with Crippen molar-refractivity contribution in [2.24, 2.45) is 11.7 Å². The van der Waals surface area contributed by atoms with Crippen molar-refractivity contribution < 1.29 is 4.74 Å². The van der Waals surface area contributed by atoms with Crippen molar-refractivity contribution in [3.8, 4) is 0 Å². The van der Waals surface area contributed by atoms with Crippen LogP contribution in [0.15, 0.2) is 30.5 Å². The van der Waals surface area contributed by atoms with E-state index in [-0.39, 0.29) is 0 Å². The molecular formula is C14H18N2O. The molecule has 0 aliphatic carbocycles. The molecule has 1 aliphatic rings. The van der Waals surface area contributed by atoms with Crippen LogP contribution in [0.4, 0.5) is 0 Å². The highest BCUT2D eigenvalue weighted by atomic mass is 16.5. The van der Waals surface area contributed by atoms with E-state index in [1.807, 2.05) is 0 Å². The van der Waals surface area contributed by atoms with E-state index in [0.717, 1.165) is 19.8 Å². The van der Waals surface area contributed by atoms with Crippen molar-refractivity contribution in [3.63, 3.8) is 0 Å². The number of hydrogen-bond acceptors (Lipinski definition) is 2. The highest BCUT2D eigenvalue weighted by molar-refractivity contribution is 5.80. The fraction of sp³-hybridized carbons (Fsp3) is 0.429. The number of nitrogens with two attached hydrogens (primary N) is 1. The summed E-state index contributed by atoms with van der Waals surface area (Å²) in [7, 11) is 0. The molecule has 1 aliphatic heterocycles. The highest BCUT2D eigenvalue weighted by Crippen LogP contribution is 2.21. The molecule has 3 heteroatoms. The highest BCUT2D eigenvalue weighted by Gasteiger charge is 2.16. The molecule has 3 nitrogen and oxygen atoms in total. The summed E-state index contributed by atoms with van der Waals surface area (Å²) >= 11 is 0. The summed E-state index contributed by atoms with van der Waals surface area (Å²) in [5.41, 5.74) is 8.18. The topological polar surface area (TPSA) is 40.2 Å². The Bertz CT molecular complexity index is 512. The van der Waals surface area contributed by atoms with Crippen LogP contribution in [0.3, 0.4) is 0 Å². The number of fused-ring (bicyclic) bond motifs is 1. The summed E-state index contributed by atoms with van der Waals surface area (Å²) in [5, 5.41) is 1.29. The lowest BCUT2D eigenvalue weighted by molar-refractivity contribution is 0.183. The number of benzene rings is 1. The van der Waals surface area contributed by atoms with E-state index in [2.05, 4.69) is 35.0 Å². The molecule has 2 heterocycles. The normalized spacial score (nSPS) is 20.2. The average molecular weight is 230 g/mol. The molecule has 3 rings (SSSR count). The van der Waals surface area contributed by atoms with Gasteiger partial charge in [0.25, 0.3) is 0 Å². The molecule has 1 aromatic heterocycles. The lowest BCUT2D eigenvalue weighted by atomic mass is 10.1. The lowest BCUT2D eigenvalue weighted by Crippen LogP contribution is -2.09. The number of ether oxygens (including phenoxy) is 1. The van der Waals surface area contributed by atoms with Gasteiger partial charge in [-0.2, -0.15) is 0 Å². The molecule has 0 spiro atoms. The summed E-state index contributed by atoms with van der Waals surface area (Å²) in [5.74, 6) is 0.659. The van der Waals surface area contributed by atoms with Gasteiger partial charge in [0, 0.05) is 37.3 Å². The third-order valence-electron chi connectivity index (χ3n) is 3.55. The molecule has 2 N–H and O–H groups in total. The molecule has 0 amide bonds. The number of nitrogens with zero attached hydrogens (tertiary/aromatic N) is 1. The Morgan fingerprint density at radius 1 is 1.35 bits per heavy atom. The Balaban J connectivity index is 1.92. The molecule has 0 radical (unpaired) electrons. The zero-order chi connectivity index (χ0) is 11.7. The Morgan fingerprint density at radius 3 is 3.06 bits per heavy atom. The molecule has 1 atom stereocenters. The fourth-order valence-electron chi connectivity index (χ4n) is 2.52. The first-order valence-corrected chi connectivity index (χ1v) is 6.22. The first-order chi connectivity index (χ1) is 8.36. The van der Waals surface area contributed by atoms with Gasteiger partial charge in [-0.25, -0.2) is 0 Å². The SMILES string of the molecule is NCc1ccc2ccn(CC3CCOC3)c2c1. The minimum atomic E-state index is 0.605. The molecule has 1 saturated heterocycles. The Hall–Kier alpha value is -1.32. The van der Waals surface area contributed by atoms with Gasteiger partial charge in [0.1, 0.15) is 0 Å². The van der Waals surface area contributed by atoms with Crippen molar-refractivity contribution in [3.05, 3.63) is 36.0 Å². The second-order valence-electron chi connectivity index (χ2n) is 4.80. The van der Waals surface area contributed by atoms with E-state index in [1.54, 1.807) is 0 Å². The molecule has 0 saturated carbocycles. The van der Waals surface area contributed by atoms with E-state index >= 15 is 0 Å². The van der Waals surface area contributed by atoms with Crippen LogP contribution in [0.5, 0.6) is 0 Å². The zero-order valence-corrected chi connectivity index (χ0v) is 9.93. The molecule has 1 unspecified atom stereocenters. The standard InChI is InChI=1S/C14H18N2O/c15-8-11-1-2-13-3-5-16(14(13)7-11)9-12-4-6-17-10-12/h1-3,5,7,12H,4,6,8-10,15H2. The Morgan fingerprint density at radius 2 is 2.29 bits per heavy atom. The fourth-order valence-corrected chi connectivity index (χ4v) is 2.52. The largest absolute Gasteiger partial charge is 0.381 e. The molecule has 1 aromatic carbocycles. The third-order valence-corrected chi connectivity index (χ3v) is 3.55. The van der Waals surface area contributed by atoms with Crippen LogP contribution >= 0.6 is 0 Å². The van der Waals surface area contributed by atoms with Crippen molar-refractivity contribution in [1.82, 2.24) is 4.57 Å². The van der Waals surface area contributed by atoms with Crippen LogP contribution in [0, 0.1) is 5.92 Å². The van der Waals surface area contributed by atoms with Crippen molar-refractivity contribution in [1.29, 1.82) is 0 Å². The molecule has 1 fully saturated rings. The average Bonchev–Trinajstić information content (AvgIpc) is 2.99. The van der Waals surface area contributed by atoms with Crippen molar-refractivity contribution >= 4 is 10.9 Å². The number of hydrogen-bond donors (Lipinski definition) is 1. The summed E-state index contributed by atoms with van der Waals surface area (Å²) in [4.78, 5) is 0. The zero-order valence-electron chi connectivity index (χ0n) is 9.93. The maximum absolute atomic E-state index is 5.69. The van der Waals surface area contributed by atoms with Gasteiger partial charge in [0.05, 0.1) is 6.61 Å².